The normalized spacial score (nSPS) is 11.2. The molecule has 3 rings (SSSR count). The molecule has 128 valence electrons. The monoisotopic (exact) mass is 416 g/mol. The topological polar surface area (TPSA) is 51.2 Å². The van der Waals surface area contributed by atoms with Gasteiger partial charge in [0.15, 0.2) is 5.13 Å². The number of aryl methyl sites for hydroxylation is 2. The van der Waals surface area contributed by atoms with Gasteiger partial charge in [0.2, 0.25) is 5.91 Å². The maximum atomic E-state index is 12.2. The molecule has 0 fully saturated rings. The zero-order valence-corrected chi connectivity index (χ0v) is 16.5. The van der Waals surface area contributed by atoms with Gasteiger partial charge in [-0.2, -0.15) is 0 Å². The van der Waals surface area contributed by atoms with Gasteiger partial charge in [-0.3, -0.25) is 10.1 Å². The fourth-order valence-corrected chi connectivity index (χ4v) is 3.85. The lowest BCUT2D eigenvalue weighted by molar-refractivity contribution is -0.111. The molecule has 0 aliphatic carbocycles. The first-order chi connectivity index (χ1) is 12.0. The molecule has 0 aliphatic rings. The van der Waals surface area contributed by atoms with E-state index in [-0.39, 0.29) is 5.91 Å². The molecule has 4 nitrogen and oxygen atoms in total. The van der Waals surface area contributed by atoms with Crippen molar-refractivity contribution in [2.75, 3.05) is 12.4 Å². The number of amides is 1. The van der Waals surface area contributed by atoms with E-state index in [1.165, 1.54) is 17.4 Å². The molecule has 1 heterocycles. The second-order valence-corrected chi connectivity index (χ2v) is 7.52. The van der Waals surface area contributed by atoms with E-state index in [0.29, 0.717) is 10.9 Å². The molecule has 1 N–H and O–H groups in total. The van der Waals surface area contributed by atoms with Gasteiger partial charge in [0.05, 0.1) is 17.3 Å². The molecule has 3 aromatic rings. The third-order valence-corrected chi connectivity index (χ3v) is 5.38. The molecule has 25 heavy (non-hydrogen) atoms. The van der Waals surface area contributed by atoms with Gasteiger partial charge in [0.25, 0.3) is 0 Å². The Bertz CT molecular complexity index is 940. The number of hydrogen-bond acceptors (Lipinski definition) is 4. The molecule has 0 spiro atoms. The number of nitrogens with one attached hydrogen (secondary N) is 1. The lowest BCUT2D eigenvalue weighted by Gasteiger charge is -2.04. The van der Waals surface area contributed by atoms with Gasteiger partial charge in [-0.25, -0.2) is 4.98 Å². The molecule has 0 radical (unpaired) electrons. The SMILES string of the molecule is COc1ccc(Br)cc1C=CC(=O)Nc1nc2c(C)ccc(C)c2s1. The summed E-state index contributed by atoms with van der Waals surface area (Å²) in [5.74, 6) is 0.481. The van der Waals surface area contributed by atoms with E-state index in [9.17, 15) is 4.79 Å². The van der Waals surface area contributed by atoms with Crippen molar-refractivity contribution in [3.8, 4) is 5.75 Å². The number of methoxy groups -OCH3 is 1. The van der Waals surface area contributed by atoms with Crippen LogP contribution in [0.1, 0.15) is 16.7 Å². The van der Waals surface area contributed by atoms with Crippen LogP contribution < -0.4 is 10.1 Å². The van der Waals surface area contributed by atoms with Gasteiger partial charge >= 0.3 is 0 Å². The van der Waals surface area contributed by atoms with Gasteiger partial charge in [-0.1, -0.05) is 39.4 Å². The van der Waals surface area contributed by atoms with Gasteiger partial charge < -0.3 is 4.74 Å². The fraction of sp³-hybridized carbons (Fsp3) is 0.158. The van der Waals surface area contributed by atoms with Crippen molar-refractivity contribution in [3.63, 3.8) is 0 Å². The maximum absolute atomic E-state index is 12.2. The van der Waals surface area contributed by atoms with Crippen LogP contribution in [0.2, 0.25) is 0 Å². The quantitative estimate of drug-likeness (QED) is 0.584. The van der Waals surface area contributed by atoms with Crippen LogP contribution in [-0.4, -0.2) is 18.0 Å². The molecule has 6 heteroatoms. The fourth-order valence-electron chi connectivity index (χ4n) is 2.46. The first-order valence-electron chi connectivity index (χ1n) is 7.67. The van der Waals surface area contributed by atoms with Crippen molar-refractivity contribution >= 4 is 54.6 Å². The van der Waals surface area contributed by atoms with Crippen molar-refractivity contribution in [1.29, 1.82) is 0 Å². The summed E-state index contributed by atoms with van der Waals surface area (Å²) < 4.78 is 7.33. The number of rotatable bonds is 4. The summed E-state index contributed by atoms with van der Waals surface area (Å²) in [7, 11) is 1.60. The Labute approximate surface area is 158 Å². The van der Waals surface area contributed by atoms with Gasteiger partial charge in [-0.05, 0) is 49.2 Å². The Morgan fingerprint density at radius 1 is 1.24 bits per heavy atom. The summed E-state index contributed by atoms with van der Waals surface area (Å²) in [6.45, 7) is 4.07. The van der Waals surface area contributed by atoms with E-state index in [0.717, 1.165) is 31.4 Å². The van der Waals surface area contributed by atoms with Crippen LogP contribution in [0.4, 0.5) is 5.13 Å². The zero-order valence-electron chi connectivity index (χ0n) is 14.1. The Kier molecular flexibility index (Phi) is 5.20. The molecular weight excluding hydrogens is 400 g/mol. The minimum absolute atomic E-state index is 0.226. The molecule has 1 amide bonds. The van der Waals surface area contributed by atoms with E-state index in [4.69, 9.17) is 4.74 Å². The van der Waals surface area contributed by atoms with E-state index in [2.05, 4.69) is 32.3 Å². The summed E-state index contributed by atoms with van der Waals surface area (Å²) in [4.78, 5) is 16.8. The van der Waals surface area contributed by atoms with E-state index in [1.54, 1.807) is 13.2 Å². The predicted molar refractivity (Wildman–Crippen MR) is 107 cm³/mol. The number of carbonyl (C=O) groups is 1. The van der Waals surface area contributed by atoms with Crippen LogP contribution in [0.5, 0.6) is 5.75 Å². The minimum Gasteiger partial charge on any atom is -0.496 e. The highest BCUT2D eigenvalue weighted by atomic mass is 79.9. The number of thiazole rings is 1. The van der Waals surface area contributed by atoms with Crippen molar-refractivity contribution in [2.24, 2.45) is 0 Å². The van der Waals surface area contributed by atoms with Crippen LogP contribution in [0.25, 0.3) is 16.3 Å². The second kappa shape index (κ2) is 7.37. The average molecular weight is 417 g/mol. The molecule has 0 saturated carbocycles. The summed E-state index contributed by atoms with van der Waals surface area (Å²) in [5, 5.41) is 3.44. The number of carbonyl (C=O) groups excluding carboxylic acids is 1. The van der Waals surface area contributed by atoms with E-state index >= 15 is 0 Å². The van der Waals surface area contributed by atoms with E-state index < -0.39 is 0 Å². The average Bonchev–Trinajstić information content (AvgIpc) is 3.01. The van der Waals surface area contributed by atoms with Crippen molar-refractivity contribution in [2.45, 2.75) is 13.8 Å². The molecule has 0 bridgehead atoms. The smallest absolute Gasteiger partial charge is 0.250 e. The van der Waals surface area contributed by atoms with Crippen molar-refractivity contribution in [1.82, 2.24) is 4.98 Å². The largest absolute Gasteiger partial charge is 0.496 e. The minimum atomic E-state index is -0.226. The molecule has 1 aromatic heterocycles. The zero-order chi connectivity index (χ0) is 18.0. The number of anilines is 1. The first-order valence-corrected chi connectivity index (χ1v) is 9.28. The molecule has 0 unspecified atom stereocenters. The first kappa shape index (κ1) is 17.6. The Hall–Kier alpha value is -2.18. The lowest BCUT2D eigenvalue weighted by Crippen LogP contribution is -2.07. The van der Waals surface area contributed by atoms with Gasteiger partial charge in [-0.15, -0.1) is 0 Å². The van der Waals surface area contributed by atoms with E-state index in [1.807, 2.05) is 38.1 Å². The second-order valence-electron chi connectivity index (χ2n) is 5.60. The summed E-state index contributed by atoms with van der Waals surface area (Å²) in [5.41, 5.74) is 4.03. The van der Waals surface area contributed by atoms with Gasteiger partial charge in [0, 0.05) is 16.1 Å². The highest BCUT2D eigenvalue weighted by Crippen LogP contribution is 2.31. The predicted octanol–water partition coefficient (Wildman–Crippen LogP) is 5.34. The van der Waals surface area contributed by atoms with Crippen LogP contribution in [-0.2, 0) is 4.79 Å². The number of ether oxygens (including phenoxy) is 1. The van der Waals surface area contributed by atoms with Crippen LogP contribution >= 0.6 is 27.3 Å². The summed E-state index contributed by atoms with van der Waals surface area (Å²) in [6.07, 6.45) is 3.21. The molecule has 0 atom stereocenters. The highest BCUT2D eigenvalue weighted by Gasteiger charge is 2.10. The Balaban J connectivity index is 1.80. The van der Waals surface area contributed by atoms with Crippen molar-refractivity contribution < 1.29 is 9.53 Å². The maximum Gasteiger partial charge on any atom is 0.250 e. The number of benzene rings is 2. The van der Waals surface area contributed by atoms with Crippen molar-refractivity contribution in [3.05, 3.63) is 57.6 Å². The van der Waals surface area contributed by atoms with Crippen LogP contribution in [0, 0.1) is 13.8 Å². The number of hydrogen-bond donors (Lipinski definition) is 1. The van der Waals surface area contributed by atoms with Gasteiger partial charge in [0.1, 0.15) is 5.75 Å². The Morgan fingerprint density at radius 3 is 2.72 bits per heavy atom. The van der Waals surface area contributed by atoms with Crippen LogP contribution in [0.15, 0.2) is 40.9 Å². The number of nitrogens with zero attached hydrogens (tertiary/aromatic N) is 1. The summed E-state index contributed by atoms with van der Waals surface area (Å²) >= 11 is 4.91. The number of fused-ring (bicyclic) bond motifs is 1. The number of aromatic nitrogens is 1. The third kappa shape index (κ3) is 3.91. The Morgan fingerprint density at radius 2 is 2.00 bits per heavy atom. The lowest BCUT2D eigenvalue weighted by atomic mass is 10.1. The third-order valence-electron chi connectivity index (χ3n) is 3.78. The van der Waals surface area contributed by atoms with Crippen LogP contribution in [0.3, 0.4) is 0 Å². The standard InChI is InChI=1S/C19H17BrN2O2S/c1-11-4-5-12(2)18-17(11)22-19(25-18)21-16(23)9-6-13-10-14(20)7-8-15(13)24-3/h4-10H,1-3H3,(H,21,22,23). The molecule has 2 aromatic carbocycles. The highest BCUT2D eigenvalue weighted by molar-refractivity contribution is 9.10. The molecule has 0 saturated heterocycles. The number of halogens is 1. The molecule has 0 aliphatic heterocycles. The summed E-state index contributed by atoms with van der Waals surface area (Å²) in [6, 6.07) is 9.75. The molecular formula is C19H17BrN2O2S.